The smallest absolute Gasteiger partial charge is 0.295 e. The molecule has 0 spiro atoms. The van der Waals surface area contributed by atoms with Crippen LogP contribution in [0, 0.1) is 0 Å². The van der Waals surface area contributed by atoms with Crippen LogP contribution in [-0.2, 0) is 14.3 Å². The maximum Gasteiger partial charge on any atom is 0.295 e. The van der Waals surface area contributed by atoms with E-state index in [-0.39, 0.29) is 30.8 Å². The standard InChI is InChI=1S/C24H23NO7/c1-29-16-5-2-4-15(10-16)22(26)20-21(14-7-8-18-19(11-14)32-13-31-18)25(24(28)23(20)27)12-17-6-3-9-30-17/h2,4-5,7-8,10-11,17,21,26H,3,6,9,12-13H2,1H3/t17-,21+/m1/s1. The number of likely N-dealkylation sites (tertiary alicyclic amines) is 1. The molecule has 3 heterocycles. The number of aliphatic hydroxyl groups excluding tert-OH is 1. The summed E-state index contributed by atoms with van der Waals surface area (Å²) in [4.78, 5) is 27.7. The molecule has 0 aliphatic carbocycles. The summed E-state index contributed by atoms with van der Waals surface area (Å²) in [5.74, 6) is 0.0184. The Kier molecular flexibility index (Phi) is 5.22. The number of methoxy groups -OCH3 is 1. The molecular formula is C24H23NO7. The number of nitrogens with zero attached hydrogens (tertiary/aromatic N) is 1. The van der Waals surface area contributed by atoms with Crippen LogP contribution in [0.25, 0.3) is 5.76 Å². The van der Waals surface area contributed by atoms with Gasteiger partial charge >= 0.3 is 0 Å². The van der Waals surface area contributed by atoms with E-state index in [0.29, 0.717) is 35.0 Å². The van der Waals surface area contributed by atoms with Crippen molar-refractivity contribution in [3.63, 3.8) is 0 Å². The van der Waals surface area contributed by atoms with Gasteiger partial charge in [0.25, 0.3) is 11.7 Å². The highest BCUT2D eigenvalue weighted by Crippen LogP contribution is 2.43. The van der Waals surface area contributed by atoms with Gasteiger partial charge in [0.1, 0.15) is 11.5 Å². The molecule has 2 atom stereocenters. The van der Waals surface area contributed by atoms with E-state index < -0.39 is 17.7 Å². The molecule has 0 saturated carbocycles. The van der Waals surface area contributed by atoms with Crippen molar-refractivity contribution in [1.82, 2.24) is 4.90 Å². The molecule has 2 fully saturated rings. The number of hydrogen-bond acceptors (Lipinski definition) is 7. The number of amides is 1. The predicted molar refractivity (Wildman–Crippen MR) is 114 cm³/mol. The van der Waals surface area contributed by atoms with Crippen LogP contribution in [0.15, 0.2) is 48.0 Å². The first-order chi connectivity index (χ1) is 15.6. The van der Waals surface area contributed by atoms with E-state index in [1.165, 1.54) is 12.0 Å². The molecule has 32 heavy (non-hydrogen) atoms. The molecule has 2 aromatic rings. The minimum Gasteiger partial charge on any atom is -0.507 e. The zero-order valence-corrected chi connectivity index (χ0v) is 17.6. The van der Waals surface area contributed by atoms with Crippen LogP contribution in [0.5, 0.6) is 17.2 Å². The number of hydrogen-bond donors (Lipinski definition) is 1. The maximum atomic E-state index is 13.1. The minimum atomic E-state index is -0.778. The lowest BCUT2D eigenvalue weighted by Gasteiger charge is -2.27. The number of aliphatic hydroxyl groups is 1. The molecule has 8 nitrogen and oxygen atoms in total. The van der Waals surface area contributed by atoms with Gasteiger partial charge in [-0.05, 0) is 42.7 Å². The molecule has 2 aromatic carbocycles. The van der Waals surface area contributed by atoms with Crippen LogP contribution in [0.4, 0.5) is 0 Å². The van der Waals surface area contributed by atoms with Crippen LogP contribution >= 0.6 is 0 Å². The van der Waals surface area contributed by atoms with Gasteiger partial charge in [-0.25, -0.2) is 0 Å². The van der Waals surface area contributed by atoms with Crippen molar-refractivity contribution in [1.29, 1.82) is 0 Å². The maximum absolute atomic E-state index is 13.1. The predicted octanol–water partition coefficient (Wildman–Crippen LogP) is 3.02. The number of Topliss-reactive ketones (excluding diaryl/α,β-unsaturated/α-hetero) is 1. The van der Waals surface area contributed by atoms with Gasteiger partial charge in [-0.3, -0.25) is 9.59 Å². The Bertz CT molecular complexity index is 1100. The summed E-state index contributed by atoms with van der Waals surface area (Å²) in [6.45, 7) is 1.00. The molecule has 166 valence electrons. The number of carbonyl (C=O) groups is 2. The first kappa shape index (κ1) is 20.4. The fourth-order valence-corrected chi connectivity index (χ4v) is 4.43. The molecule has 0 aromatic heterocycles. The van der Waals surface area contributed by atoms with Crippen LogP contribution in [0.1, 0.15) is 30.0 Å². The van der Waals surface area contributed by atoms with Gasteiger partial charge < -0.3 is 29.0 Å². The van der Waals surface area contributed by atoms with Crippen molar-refractivity contribution < 1.29 is 33.6 Å². The van der Waals surface area contributed by atoms with Crippen LogP contribution in [0.2, 0.25) is 0 Å². The molecule has 0 radical (unpaired) electrons. The summed E-state index contributed by atoms with van der Waals surface area (Å²) in [6.07, 6.45) is 1.57. The van der Waals surface area contributed by atoms with Gasteiger partial charge in [0.05, 0.1) is 24.8 Å². The third-order valence-electron chi connectivity index (χ3n) is 6.02. The lowest BCUT2D eigenvalue weighted by molar-refractivity contribution is -0.140. The summed E-state index contributed by atoms with van der Waals surface area (Å²) >= 11 is 0. The number of carbonyl (C=O) groups excluding carboxylic acids is 2. The number of benzene rings is 2. The minimum absolute atomic E-state index is 0.0279. The van der Waals surface area contributed by atoms with Gasteiger partial charge in [0.15, 0.2) is 11.5 Å². The fourth-order valence-electron chi connectivity index (χ4n) is 4.43. The summed E-state index contributed by atoms with van der Waals surface area (Å²) in [7, 11) is 1.52. The van der Waals surface area contributed by atoms with E-state index >= 15 is 0 Å². The Morgan fingerprint density at radius 2 is 2.00 bits per heavy atom. The molecule has 0 bridgehead atoms. The fraction of sp³-hybridized carbons (Fsp3) is 0.333. The van der Waals surface area contributed by atoms with Crippen LogP contribution in [-0.4, -0.2) is 54.9 Å². The molecule has 5 rings (SSSR count). The van der Waals surface area contributed by atoms with E-state index in [1.54, 1.807) is 42.5 Å². The summed E-state index contributed by atoms with van der Waals surface area (Å²) in [5.41, 5.74) is 1.07. The second-order valence-electron chi connectivity index (χ2n) is 7.93. The molecule has 3 aliphatic rings. The topological polar surface area (TPSA) is 94.5 Å². The van der Waals surface area contributed by atoms with Crippen molar-refractivity contribution in [2.45, 2.75) is 25.0 Å². The highest BCUT2D eigenvalue weighted by Gasteiger charge is 2.47. The van der Waals surface area contributed by atoms with Crippen LogP contribution in [0.3, 0.4) is 0 Å². The van der Waals surface area contributed by atoms with Gasteiger partial charge in [-0.2, -0.15) is 0 Å². The van der Waals surface area contributed by atoms with Crippen molar-refractivity contribution >= 4 is 17.4 Å². The third kappa shape index (κ3) is 3.46. The van der Waals surface area contributed by atoms with Crippen molar-refractivity contribution in [3.8, 4) is 17.2 Å². The number of fused-ring (bicyclic) bond motifs is 1. The molecule has 0 unspecified atom stereocenters. The third-order valence-corrected chi connectivity index (χ3v) is 6.02. The number of ether oxygens (including phenoxy) is 4. The van der Waals surface area contributed by atoms with Gasteiger partial charge in [-0.1, -0.05) is 18.2 Å². The van der Waals surface area contributed by atoms with E-state index in [1.807, 2.05) is 0 Å². The van der Waals surface area contributed by atoms with Crippen molar-refractivity contribution in [2.75, 3.05) is 27.1 Å². The summed E-state index contributed by atoms with van der Waals surface area (Å²) in [5, 5.41) is 11.2. The average molecular weight is 437 g/mol. The molecule has 2 saturated heterocycles. The van der Waals surface area contributed by atoms with E-state index in [0.717, 1.165) is 12.8 Å². The first-order valence-corrected chi connectivity index (χ1v) is 10.5. The SMILES string of the molecule is COc1cccc(C(O)=C2C(=O)C(=O)N(C[C@H]3CCCO3)[C@H]2c2ccc3c(c2)OCO3)c1. The highest BCUT2D eigenvalue weighted by atomic mass is 16.7. The Balaban J connectivity index is 1.62. The zero-order chi connectivity index (χ0) is 22.2. The molecule has 8 heteroatoms. The zero-order valence-electron chi connectivity index (χ0n) is 17.6. The van der Waals surface area contributed by atoms with Gasteiger partial charge in [-0.15, -0.1) is 0 Å². The van der Waals surface area contributed by atoms with Gasteiger partial charge in [0.2, 0.25) is 6.79 Å². The Morgan fingerprint density at radius 1 is 1.16 bits per heavy atom. The Hall–Kier alpha value is -3.52. The monoisotopic (exact) mass is 437 g/mol. The second kappa shape index (κ2) is 8.20. The number of ketones is 1. The molecular weight excluding hydrogens is 414 g/mol. The lowest BCUT2D eigenvalue weighted by Crippen LogP contribution is -2.36. The van der Waals surface area contributed by atoms with Crippen LogP contribution < -0.4 is 14.2 Å². The Morgan fingerprint density at radius 3 is 2.78 bits per heavy atom. The van der Waals surface area contributed by atoms with Crippen molar-refractivity contribution in [2.24, 2.45) is 0 Å². The lowest BCUT2D eigenvalue weighted by atomic mass is 9.94. The molecule has 1 amide bonds. The summed E-state index contributed by atoms with van der Waals surface area (Å²) in [6, 6.07) is 11.2. The second-order valence-corrected chi connectivity index (χ2v) is 7.93. The Labute approximate surface area is 184 Å². The normalized spacial score (nSPS) is 23.7. The highest BCUT2D eigenvalue weighted by molar-refractivity contribution is 6.46. The quantitative estimate of drug-likeness (QED) is 0.437. The average Bonchev–Trinajstić information content (AvgIpc) is 3.55. The molecule has 1 N–H and O–H groups in total. The molecule has 3 aliphatic heterocycles. The van der Waals surface area contributed by atoms with E-state index in [2.05, 4.69) is 0 Å². The number of rotatable bonds is 5. The van der Waals surface area contributed by atoms with E-state index in [4.69, 9.17) is 18.9 Å². The van der Waals surface area contributed by atoms with E-state index in [9.17, 15) is 14.7 Å². The summed E-state index contributed by atoms with van der Waals surface area (Å²) < 4.78 is 21.9. The first-order valence-electron chi connectivity index (χ1n) is 10.5. The largest absolute Gasteiger partial charge is 0.507 e. The van der Waals surface area contributed by atoms with Gasteiger partial charge in [0, 0.05) is 18.7 Å². The van der Waals surface area contributed by atoms with Crippen molar-refractivity contribution in [3.05, 3.63) is 59.2 Å².